The van der Waals surface area contributed by atoms with E-state index in [1.54, 1.807) is 30.5 Å². The number of hydrogen-bond donors (Lipinski definition) is 1. The lowest BCUT2D eigenvalue weighted by Crippen LogP contribution is -2.12. The first-order valence-corrected chi connectivity index (χ1v) is 8.17. The summed E-state index contributed by atoms with van der Waals surface area (Å²) in [5.74, 6) is 1.25. The summed E-state index contributed by atoms with van der Waals surface area (Å²) in [6, 6.07) is 11.8. The number of rotatable bonds is 7. The number of halogens is 1. The van der Waals surface area contributed by atoms with Crippen molar-refractivity contribution in [1.82, 2.24) is 14.9 Å². The van der Waals surface area contributed by atoms with E-state index in [0.29, 0.717) is 29.7 Å². The molecule has 0 aliphatic heterocycles. The van der Waals surface area contributed by atoms with Gasteiger partial charge in [-0.15, -0.1) is 10.2 Å². The summed E-state index contributed by atoms with van der Waals surface area (Å²) in [5, 5.41) is 8.07. The third-order valence-electron chi connectivity index (χ3n) is 3.85. The molecule has 2 aromatic carbocycles. The number of hydrogen-bond acceptors (Lipinski definition) is 5. The van der Waals surface area contributed by atoms with Gasteiger partial charge in [-0.3, -0.25) is 0 Å². The van der Waals surface area contributed by atoms with Gasteiger partial charge in [-0.25, -0.2) is 4.68 Å². The number of methoxy groups -OCH3 is 1. The van der Waals surface area contributed by atoms with E-state index in [9.17, 15) is 0 Å². The van der Waals surface area contributed by atoms with Gasteiger partial charge in [0.2, 0.25) is 0 Å². The molecule has 0 fully saturated rings. The van der Waals surface area contributed by atoms with Crippen LogP contribution in [-0.2, 0) is 13.2 Å². The van der Waals surface area contributed by atoms with Crippen LogP contribution in [0, 0.1) is 6.92 Å². The van der Waals surface area contributed by atoms with Crippen molar-refractivity contribution in [3.05, 3.63) is 70.8 Å². The van der Waals surface area contributed by atoms with E-state index < -0.39 is 0 Å². The number of nitrogens with one attached hydrogen (secondary N) is 1. The van der Waals surface area contributed by atoms with Crippen molar-refractivity contribution < 1.29 is 9.47 Å². The highest BCUT2D eigenvalue weighted by Crippen LogP contribution is 2.34. The smallest absolute Gasteiger partial charge is 0.163 e. The van der Waals surface area contributed by atoms with E-state index in [1.807, 2.05) is 24.3 Å². The molecule has 25 heavy (non-hydrogen) atoms. The fraction of sp³-hybridized carbons (Fsp3) is 0.222. The average molecular weight is 359 g/mol. The SMILES string of the molecule is COc1cc(CNn2cnnc2)c(Cl)cc1OCc1ccccc1C. The number of nitrogens with zero attached hydrogens (tertiary/aromatic N) is 3. The van der Waals surface area contributed by atoms with Crippen molar-refractivity contribution in [2.24, 2.45) is 0 Å². The number of ether oxygens (including phenoxy) is 2. The molecule has 0 bridgehead atoms. The van der Waals surface area contributed by atoms with Crippen LogP contribution in [0.2, 0.25) is 5.02 Å². The predicted molar refractivity (Wildman–Crippen MR) is 96.6 cm³/mol. The number of aryl methyl sites for hydroxylation is 1. The Kier molecular flexibility index (Phi) is 5.40. The summed E-state index contributed by atoms with van der Waals surface area (Å²) in [7, 11) is 1.61. The summed E-state index contributed by atoms with van der Waals surface area (Å²) < 4.78 is 13.0. The van der Waals surface area contributed by atoms with Crippen molar-refractivity contribution in [1.29, 1.82) is 0 Å². The molecule has 6 nitrogen and oxygen atoms in total. The number of benzene rings is 2. The van der Waals surface area contributed by atoms with Crippen molar-refractivity contribution in [3.8, 4) is 11.5 Å². The Bertz CT molecular complexity index is 837. The van der Waals surface area contributed by atoms with Gasteiger partial charge < -0.3 is 14.9 Å². The minimum atomic E-state index is 0.456. The third kappa shape index (κ3) is 4.22. The van der Waals surface area contributed by atoms with Crippen LogP contribution < -0.4 is 14.9 Å². The third-order valence-corrected chi connectivity index (χ3v) is 4.20. The van der Waals surface area contributed by atoms with Crippen molar-refractivity contribution >= 4 is 11.6 Å². The van der Waals surface area contributed by atoms with E-state index in [0.717, 1.165) is 11.1 Å². The van der Waals surface area contributed by atoms with Crippen molar-refractivity contribution in [3.63, 3.8) is 0 Å². The molecule has 0 unspecified atom stereocenters. The maximum absolute atomic E-state index is 6.40. The zero-order valence-corrected chi connectivity index (χ0v) is 14.8. The van der Waals surface area contributed by atoms with Crippen LogP contribution in [0.15, 0.2) is 49.1 Å². The minimum absolute atomic E-state index is 0.456. The first-order valence-electron chi connectivity index (χ1n) is 7.79. The maximum Gasteiger partial charge on any atom is 0.163 e. The first kappa shape index (κ1) is 17.1. The highest BCUT2D eigenvalue weighted by molar-refractivity contribution is 6.31. The average Bonchev–Trinajstić information content (AvgIpc) is 3.13. The van der Waals surface area contributed by atoms with Gasteiger partial charge in [0, 0.05) is 11.1 Å². The molecule has 1 aromatic heterocycles. The standard InChI is InChI=1S/C18H19ClN4O2/c1-13-5-3-4-6-14(13)10-25-18-8-16(19)15(7-17(18)24-2)9-22-23-11-20-21-12-23/h3-8,11-12,22H,9-10H2,1-2H3. The van der Waals surface area contributed by atoms with Crippen molar-refractivity contribution in [2.45, 2.75) is 20.1 Å². The summed E-state index contributed by atoms with van der Waals surface area (Å²) >= 11 is 6.40. The van der Waals surface area contributed by atoms with Gasteiger partial charge in [-0.05, 0) is 29.7 Å². The summed E-state index contributed by atoms with van der Waals surface area (Å²) in [6.45, 7) is 3.02. The molecular formula is C18H19ClN4O2. The molecular weight excluding hydrogens is 340 g/mol. The summed E-state index contributed by atoms with van der Waals surface area (Å²) in [5.41, 5.74) is 6.32. The van der Waals surface area contributed by atoms with Gasteiger partial charge in [0.1, 0.15) is 19.3 Å². The maximum atomic E-state index is 6.40. The van der Waals surface area contributed by atoms with E-state index >= 15 is 0 Å². The molecule has 7 heteroatoms. The second-order valence-electron chi connectivity index (χ2n) is 5.51. The van der Waals surface area contributed by atoms with Gasteiger partial charge in [0.25, 0.3) is 0 Å². The Hall–Kier alpha value is -2.73. The molecule has 1 N–H and O–H groups in total. The molecule has 0 radical (unpaired) electrons. The monoisotopic (exact) mass is 358 g/mol. The fourth-order valence-corrected chi connectivity index (χ4v) is 2.59. The number of aromatic nitrogens is 3. The van der Waals surface area contributed by atoms with Crippen LogP contribution in [0.25, 0.3) is 0 Å². The second kappa shape index (κ2) is 7.90. The Balaban J connectivity index is 1.73. The Morgan fingerprint density at radius 2 is 1.84 bits per heavy atom. The van der Waals surface area contributed by atoms with Gasteiger partial charge in [-0.2, -0.15) is 0 Å². The van der Waals surface area contributed by atoms with Crippen LogP contribution >= 0.6 is 11.6 Å². The lowest BCUT2D eigenvalue weighted by molar-refractivity contribution is 0.284. The molecule has 0 saturated heterocycles. The lowest BCUT2D eigenvalue weighted by Gasteiger charge is -2.15. The Morgan fingerprint density at radius 1 is 1.08 bits per heavy atom. The van der Waals surface area contributed by atoms with Gasteiger partial charge in [-0.1, -0.05) is 35.9 Å². The zero-order chi connectivity index (χ0) is 17.6. The lowest BCUT2D eigenvalue weighted by atomic mass is 10.1. The van der Waals surface area contributed by atoms with Crippen LogP contribution in [0.1, 0.15) is 16.7 Å². The van der Waals surface area contributed by atoms with Crippen LogP contribution in [0.5, 0.6) is 11.5 Å². The van der Waals surface area contributed by atoms with Crippen LogP contribution in [0.3, 0.4) is 0 Å². The molecule has 0 spiro atoms. The quantitative estimate of drug-likeness (QED) is 0.699. The minimum Gasteiger partial charge on any atom is -0.493 e. The topological polar surface area (TPSA) is 61.2 Å². The first-order chi connectivity index (χ1) is 12.2. The normalized spacial score (nSPS) is 10.5. The zero-order valence-electron chi connectivity index (χ0n) is 14.1. The molecule has 3 rings (SSSR count). The molecule has 0 atom stereocenters. The van der Waals surface area contributed by atoms with E-state index in [-0.39, 0.29) is 0 Å². The molecule has 3 aromatic rings. The molecule has 130 valence electrons. The molecule has 0 aliphatic carbocycles. The highest BCUT2D eigenvalue weighted by Gasteiger charge is 2.11. The second-order valence-corrected chi connectivity index (χ2v) is 5.92. The largest absolute Gasteiger partial charge is 0.493 e. The Labute approximate surface area is 151 Å². The highest BCUT2D eigenvalue weighted by atomic mass is 35.5. The fourth-order valence-electron chi connectivity index (χ4n) is 2.37. The molecule has 0 aliphatic rings. The summed E-state index contributed by atoms with van der Waals surface area (Å²) in [4.78, 5) is 0. The van der Waals surface area contributed by atoms with E-state index in [1.165, 1.54) is 5.56 Å². The van der Waals surface area contributed by atoms with Crippen LogP contribution in [0.4, 0.5) is 0 Å². The van der Waals surface area contributed by atoms with Gasteiger partial charge in [0.05, 0.1) is 13.7 Å². The van der Waals surface area contributed by atoms with Gasteiger partial charge >= 0.3 is 0 Å². The van der Waals surface area contributed by atoms with E-state index in [4.69, 9.17) is 21.1 Å². The molecule has 1 heterocycles. The molecule has 0 saturated carbocycles. The molecule has 0 amide bonds. The van der Waals surface area contributed by atoms with Gasteiger partial charge in [0.15, 0.2) is 11.5 Å². The van der Waals surface area contributed by atoms with Crippen LogP contribution in [-0.4, -0.2) is 22.0 Å². The van der Waals surface area contributed by atoms with Crippen molar-refractivity contribution in [2.75, 3.05) is 12.5 Å². The predicted octanol–water partition coefficient (Wildman–Crippen LogP) is 3.57. The Morgan fingerprint density at radius 3 is 2.56 bits per heavy atom. The summed E-state index contributed by atoms with van der Waals surface area (Å²) in [6.07, 6.45) is 3.15. The van der Waals surface area contributed by atoms with E-state index in [2.05, 4.69) is 28.6 Å².